The fourth-order valence-electron chi connectivity index (χ4n) is 2.06. The minimum Gasteiger partial charge on any atom is -0.343 e. The Hall–Kier alpha value is -1.87. The van der Waals surface area contributed by atoms with Crippen LogP contribution >= 0.6 is 0 Å². The number of aromatic nitrogens is 1. The Morgan fingerprint density at radius 1 is 1.17 bits per heavy atom. The largest absolute Gasteiger partial charge is 0.343 e. The van der Waals surface area contributed by atoms with Crippen molar-refractivity contribution in [3.8, 4) is 0 Å². The predicted octanol–water partition coefficient (Wildman–Crippen LogP) is 2.93. The molecule has 0 aliphatic rings. The van der Waals surface area contributed by atoms with Crippen LogP contribution in [-0.2, 0) is 6.54 Å². The van der Waals surface area contributed by atoms with Crippen LogP contribution in [0.2, 0.25) is 0 Å². The van der Waals surface area contributed by atoms with Crippen LogP contribution in [0.3, 0.4) is 0 Å². The second kappa shape index (κ2) is 5.19. The molecule has 0 fully saturated rings. The van der Waals surface area contributed by atoms with Gasteiger partial charge in [-0.3, -0.25) is 4.98 Å². The summed E-state index contributed by atoms with van der Waals surface area (Å²) in [5.41, 5.74) is 11.3. The summed E-state index contributed by atoms with van der Waals surface area (Å²) in [5, 5.41) is 0. The number of hydrogen-bond acceptors (Lipinski definition) is 3. The van der Waals surface area contributed by atoms with Crippen LogP contribution < -0.4 is 10.6 Å². The highest BCUT2D eigenvalue weighted by molar-refractivity contribution is 5.65. The lowest BCUT2D eigenvalue weighted by molar-refractivity contribution is 0.985. The van der Waals surface area contributed by atoms with E-state index in [1.165, 1.54) is 16.8 Å². The van der Waals surface area contributed by atoms with Crippen molar-refractivity contribution in [2.24, 2.45) is 5.73 Å². The monoisotopic (exact) mass is 241 g/mol. The topological polar surface area (TPSA) is 42.1 Å². The minimum atomic E-state index is 0.480. The quantitative estimate of drug-likeness (QED) is 0.898. The van der Waals surface area contributed by atoms with E-state index in [9.17, 15) is 0 Å². The molecule has 0 bridgehead atoms. The maximum absolute atomic E-state index is 5.55. The zero-order valence-electron chi connectivity index (χ0n) is 11.1. The first-order valence-electron chi connectivity index (χ1n) is 6.08. The first-order chi connectivity index (χ1) is 8.61. The van der Waals surface area contributed by atoms with E-state index >= 15 is 0 Å². The Morgan fingerprint density at radius 3 is 2.50 bits per heavy atom. The number of anilines is 2. The van der Waals surface area contributed by atoms with Gasteiger partial charge in [0.2, 0.25) is 0 Å². The van der Waals surface area contributed by atoms with E-state index < -0.39 is 0 Å². The number of nitrogens with two attached hydrogens (primary N) is 1. The second-order valence-electron chi connectivity index (χ2n) is 4.56. The fourth-order valence-corrected chi connectivity index (χ4v) is 2.06. The third-order valence-electron chi connectivity index (χ3n) is 3.12. The van der Waals surface area contributed by atoms with Crippen LogP contribution in [0.25, 0.3) is 0 Å². The highest BCUT2D eigenvalue weighted by Gasteiger charge is 2.07. The van der Waals surface area contributed by atoms with Gasteiger partial charge in [0, 0.05) is 19.3 Å². The van der Waals surface area contributed by atoms with Gasteiger partial charge in [-0.1, -0.05) is 17.7 Å². The standard InChI is InChI=1S/C15H19N3/c1-11-4-7-15(12(2)8-11)18(3)14-6-5-13(9-16)17-10-14/h4-8,10H,9,16H2,1-3H3. The van der Waals surface area contributed by atoms with Gasteiger partial charge in [0.05, 0.1) is 17.6 Å². The molecule has 0 unspecified atom stereocenters. The van der Waals surface area contributed by atoms with E-state index in [1.54, 1.807) is 0 Å². The van der Waals surface area contributed by atoms with Crippen molar-refractivity contribution in [1.29, 1.82) is 0 Å². The Morgan fingerprint density at radius 2 is 1.94 bits per heavy atom. The molecule has 18 heavy (non-hydrogen) atoms. The van der Waals surface area contributed by atoms with Crippen molar-refractivity contribution in [1.82, 2.24) is 4.98 Å². The fraction of sp³-hybridized carbons (Fsp3) is 0.267. The lowest BCUT2D eigenvalue weighted by Gasteiger charge is -2.21. The van der Waals surface area contributed by atoms with Crippen molar-refractivity contribution < 1.29 is 0 Å². The molecular formula is C15H19N3. The molecule has 0 aliphatic heterocycles. The van der Waals surface area contributed by atoms with Gasteiger partial charge in [-0.05, 0) is 37.6 Å². The molecule has 3 nitrogen and oxygen atoms in total. The third-order valence-corrected chi connectivity index (χ3v) is 3.12. The van der Waals surface area contributed by atoms with E-state index in [-0.39, 0.29) is 0 Å². The maximum Gasteiger partial charge on any atom is 0.0594 e. The van der Waals surface area contributed by atoms with Crippen LogP contribution in [0.5, 0.6) is 0 Å². The van der Waals surface area contributed by atoms with Gasteiger partial charge < -0.3 is 10.6 Å². The number of rotatable bonds is 3. The Balaban J connectivity index is 2.31. The lowest BCUT2D eigenvalue weighted by Crippen LogP contribution is -2.11. The molecular weight excluding hydrogens is 222 g/mol. The van der Waals surface area contributed by atoms with Crippen molar-refractivity contribution >= 4 is 11.4 Å². The van der Waals surface area contributed by atoms with Crippen LogP contribution in [0.15, 0.2) is 36.5 Å². The molecule has 2 N–H and O–H groups in total. The predicted molar refractivity (Wildman–Crippen MR) is 76.1 cm³/mol. The first-order valence-corrected chi connectivity index (χ1v) is 6.08. The number of pyridine rings is 1. The van der Waals surface area contributed by atoms with E-state index in [0.717, 1.165) is 11.4 Å². The normalized spacial score (nSPS) is 10.4. The van der Waals surface area contributed by atoms with E-state index in [0.29, 0.717) is 6.54 Å². The molecule has 0 radical (unpaired) electrons. The molecule has 1 aromatic heterocycles. The van der Waals surface area contributed by atoms with Crippen LogP contribution in [-0.4, -0.2) is 12.0 Å². The number of aryl methyl sites for hydroxylation is 2. The van der Waals surface area contributed by atoms with Crippen molar-refractivity contribution in [3.63, 3.8) is 0 Å². The Labute approximate surface area is 108 Å². The molecule has 0 atom stereocenters. The smallest absolute Gasteiger partial charge is 0.0594 e. The average Bonchev–Trinajstić information content (AvgIpc) is 2.38. The zero-order valence-corrected chi connectivity index (χ0v) is 11.1. The van der Waals surface area contributed by atoms with Crippen molar-refractivity contribution in [2.75, 3.05) is 11.9 Å². The summed E-state index contributed by atoms with van der Waals surface area (Å²) < 4.78 is 0. The number of hydrogen-bond donors (Lipinski definition) is 1. The summed E-state index contributed by atoms with van der Waals surface area (Å²) in [7, 11) is 2.05. The molecule has 3 heteroatoms. The molecule has 2 rings (SSSR count). The van der Waals surface area contributed by atoms with Crippen molar-refractivity contribution in [3.05, 3.63) is 53.3 Å². The SMILES string of the molecule is Cc1ccc(N(C)c2ccc(CN)nc2)c(C)c1. The summed E-state index contributed by atoms with van der Waals surface area (Å²) in [6.07, 6.45) is 1.86. The highest BCUT2D eigenvalue weighted by Crippen LogP contribution is 2.26. The number of benzene rings is 1. The van der Waals surface area contributed by atoms with E-state index in [1.807, 2.05) is 12.3 Å². The molecule has 1 heterocycles. The molecule has 2 aromatic rings. The summed E-state index contributed by atoms with van der Waals surface area (Å²) >= 11 is 0. The Bertz CT molecular complexity index is 532. The molecule has 0 aliphatic carbocycles. The first kappa shape index (κ1) is 12.6. The molecule has 0 saturated heterocycles. The van der Waals surface area contributed by atoms with Gasteiger partial charge in [-0.2, -0.15) is 0 Å². The third kappa shape index (κ3) is 2.51. The summed E-state index contributed by atoms with van der Waals surface area (Å²) in [6, 6.07) is 10.5. The molecule has 94 valence electrons. The van der Waals surface area contributed by atoms with Crippen molar-refractivity contribution in [2.45, 2.75) is 20.4 Å². The van der Waals surface area contributed by atoms with Gasteiger partial charge >= 0.3 is 0 Å². The van der Waals surface area contributed by atoms with Gasteiger partial charge in [0.25, 0.3) is 0 Å². The summed E-state index contributed by atoms with van der Waals surface area (Å²) in [4.78, 5) is 6.47. The van der Waals surface area contributed by atoms with E-state index in [4.69, 9.17) is 5.73 Å². The van der Waals surface area contributed by atoms with Crippen LogP contribution in [0, 0.1) is 13.8 Å². The second-order valence-corrected chi connectivity index (χ2v) is 4.56. The van der Waals surface area contributed by atoms with Crippen LogP contribution in [0.1, 0.15) is 16.8 Å². The zero-order chi connectivity index (χ0) is 13.1. The molecule has 0 spiro atoms. The Kier molecular flexibility index (Phi) is 3.63. The highest BCUT2D eigenvalue weighted by atomic mass is 15.1. The van der Waals surface area contributed by atoms with Gasteiger partial charge in [-0.15, -0.1) is 0 Å². The maximum atomic E-state index is 5.55. The summed E-state index contributed by atoms with van der Waals surface area (Å²) in [5.74, 6) is 0. The van der Waals surface area contributed by atoms with E-state index in [2.05, 4.69) is 55.0 Å². The van der Waals surface area contributed by atoms with Gasteiger partial charge in [-0.25, -0.2) is 0 Å². The summed E-state index contributed by atoms with van der Waals surface area (Å²) in [6.45, 7) is 4.71. The number of nitrogens with zero attached hydrogens (tertiary/aromatic N) is 2. The van der Waals surface area contributed by atoms with Gasteiger partial charge in [0.1, 0.15) is 0 Å². The molecule has 0 saturated carbocycles. The average molecular weight is 241 g/mol. The van der Waals surface area contributed by atoms with Crippen LogP contribution in [0.4, 0.5) is 11.4 Å². The molecule has 0 amide bonds. The lowest BCUT2D eigenvalue weighted by atomic mass is 10.1. The minimum absolute atomic E-state index is 0.480. The van der Waals surface area contributed by atoms with Gasteiger partial charge in [0.15, 0.2) is 0 Å². The molecule has 1 aromatic carbocycles.